The van der Waals surface area contributed by atoms with Crippen LogP contribution in [0.2, 0.25) is 0 Å². The van der Waals surface area contributed by atoms with E-state index >= 15 is 0 Å². The van der Waals surface area contributed by atoms with Crippen molar-refractivity contribution >= 4 is 24.2 Å². The summed E-state index contributed by atoms with van der Waals surface area (Å²) in [4.78, 5) is 10.8. The van der Waals surface area contributed by atoms with Gasteiger partial charge in [0, 0.05) is 7.11 Å². The molecule has 0 spiro atoms. The quantitative estimate of drug-likeness (QED) is 0.589. The molecule has 6 heteroatoms. The first-order chi connectivity index (χ1) is 9.08. The minimum Gasteiger partial charge on any atom is -0.383 e. The Labute approximate surface area is 117 Å². The highest BCUT2D eigenvalue weighted by molar-refractivity contribution is 7.98. The van der Waals surface area contributed by atoms with Gasteiger partial charge in [0.05, 0.1) is 31.0 Å². The van der Waals surface area contributed by atoms with Gasteiger partial charge in [0.15, 0.2) is 0 Å². The van der Waals surface area contributed by atoms with E-state index in [0.29, 0.717) is 25.2 Å². The fraction of sp³-hybridized carbons (Fsp3) is 0.462. The van der Waals surface area contributed by atoms with Gasteiger partial charge in [0.2, 0.25) is 6.41 Å². The molecule has 0 bridgehead atoms. The Bertz CT molecular complexity index is 416. The number of benzene rings is 1. The molecule has 0 saturated carbocycles. The van der Waals surface area contributed by atoms with Crippen molar-refractivity contribution in [1.29, 1.82) is 0 Å². The number of nitrogens with zero attached hydrogens (tertiary/aromatic N) is 1. The highest BCUT2D eigenvalue weighted by atomic mass is 32.2. The molecule has 1 rings (SSSR count). The van der Waals surface area contributed by atoms with Crippen molar-refractivity contribution in [2.45, 2.75) is 19.8 Å². The molecule has 0 radical (unpaired) electrons. The van der Waals surface area contributed by atoms with Crippen molar-refractivity contribution in [3.8, 4) is 0 Å². The van der Waals surface area contributed by atoms with Crippen LogP contribution in [0.15, 0.2) is 18.2 Å². The van der Waals surface area contributed by atoms with Crippen LogP contribution in [0.25, 0.3) is 0 Å². The van der Waals surface area contributed by atoms with Crippen molar-refractivity contribution in [3.63, 3.8) is 0 Å². The molecule has 0 aliphatic carbocycles. The van der Waals surface area contributed by atoms with Crippen LogP contribution in [0.5, 0.6) is 0 Å². The first-order valence-corrected chi connectivity index (χ1v) is 6.79. The van der Waals surface area contributed by atoms with Gasteiger partial charge in [-0.15, -0.1) is 0 Å². The SMILES string of the molecule is COCCN(C=O)SNc1ccc(C(C)C)cc1F. The van der Waals surface area contributed by atoms with E-state index < -0.39 is 0 Å². The van der Waals surface area contributed by atoms with E-state index in [0.717, 1.165) is 17.7 Å². The highest BCUT2D eigenvalue weighted by Crippen LogP contribution is 2.23. The maximum absolute atomic E-state index is 13.8. The van der Waals surface area contributed by atoms with Crippen LogP contribution < -0.4 is 4.72 Å². The van der Waals surface area contributed by atoms with Crippen molar-refractivity contribution in [2.75, 3.05) is 25.0 Å². The van der Waals surface area contributed by atoms with Crippen LogP contribution in [-0.2, 0) is 9.53 Å². The van der Waals surface area contributed by atoms with Gasteiger partial charge in [-0.25, -0.2) is 4.39 Å². The molecule has 0 saturated heterocycles. The molecule has 4 nitrogen and oxygen atoms in total. The van der Waals surface area contributed by atoms with E-state index in [-0.39, 0.29) is 11.7 Å². The molecule has 0 heterocycles. The zero-order valence-electron chi connectivity index (χ0n) is 11.4. The Morgan fingerprint density at radius 1 is 1.53 bits per heavy atom. The molecule has 1 amide bonds. The number of carbonyl (C=O) groups excluding carboxylic acids is 1. The average Bonchev–Trinajstić information content (AvgIpc) is 2.40. The molecule has 1 aromatic rings. The molecule has 0 aliphatic heterocycles. The molecule has 1 aromatic carbocycles. The standard InChI is InChI=1S/C13H19FN2O2S/c1-10(2)11-4-5-13(12(14)8-11)15-19-16(9-17)6-7-18-3/h4-5,8-10,15H,6-7H2,1-3H3. The van der Waals surface area contributed by atoms with E-state index in [2.05, 4.69) is 4.72 Å². The van der Waals surface area contributed by atoms with Crippen molar-refractivity contribution in [3.05, 3.63) is 29.6 Å². The molecular weight excluding hydrogens is 267 g/mol. The number of ether oxygens (including phenoxy) is 1. The zero-order chi connectivity index (χ0) is 14.3. The average molecular weight is 286 g/mol. The summed E-state index contributed by atoms with van der Waals surface area (Å²) in [6.45, 7) is 4.89. The predicted octanol–water partition coefficient (Wildman–Crippen LogP) is 3.03. The lowest BCUT2D eigenvalue weighted by Crippen LogP contribution is -2.20. The van der Waals surface area contributed by atoms with Crippen LogP contribution >= 0.6 is 12.1 Å². The van der Waals surface area contributed by atoms with Gasteiger partial charge < -0.3 is 9.46 Å². The largest absolute Gasteiger partial charge is 0.383 e. The number of hydrogen-bond donors (Lipinski definition) is 1. The number of halogens is 1. The number of anilines is 1. The fourth-order valence-corrected chi connectivity index (χ4v) is 1.97. The fourth-order valence-electron chi connectivity index (χ4n) is 1.38. The molecule has 19 heavy (non-hydrogen) atoms. The number of methoxy groups -OCH3 is 1. The van der Waals surface area contributed by atoms with Crippen molar-refractivity contribution < 1.29 is 13.9 Å². The third kappa shape index (κ3) is 5.08. The summed E-state index contributed by atoms with van der Waals surface area (Å²) in [7, 11) is 1.56. The van der Waals surface area contributed by atoms with Gasteiger partial charge in [-0.3, -0.25) is 9.10 Å². The molecular formula is C13H19FN2O2S. The summed E-state index contributed by atoms with van der Waals surface area (Å²) in [6, 6.07) is 5.06. The van der Waals surface area contributed by atoms with Crippen LogP contribution in [0.4, 0.5) is 10.1 Å². The number of carbonyl (C=O) groups is 1. The Kier molecular flexibility index (Phi) is 6.66. The Morgan fingerprint density at radius 3 is 2.79 bits per heavy atom. The van der Waals surface area contributed by atoms with Gasteiger partial charge in [-0.1, -0.05) is 19.9 Å². The summed E-state index contributed by atoms with van der Waals surface area (Å²) in [5.41, 5.74) is 1.30. The number of nitrogens with one attached hydrogen (secondary N) is 1. The predicted molar refractivity (Wildman–Crippen MR) is 76.3 cm³/mol. The monoisotopic (exact) mass is 286 g/mol. The van der Waals surface area contributed by atoms with E-state index in [1.54, 1.807) is 13.2 Å². The van der Waals surface area contributed by atoms with Gasteiger partial charge in [0.25, 0.3) is 0 Å². The smallest absolute Gasteiger partial charge is 0.220 e. The van der Waals surface area contributed by atoms with Gasteiger partial charge in [0.1, 0.15) is 5.82 Å². The molecule has 1 N–H and O–H groups in total. The second-order valence-corrected chi connectivity index (χ2v) is 5.18. The molecule has 0 fully saturated rings. The number of hydrogen-bond acceptors (Lipinski definition) is 4. The summed E-state index contributed by atoms with van der Waals surface area (Å²) < 4.78 is 22.9. The van der Waals surface area contributed by atoms with Gasteiger partial charge in [-0.2, -0.15) is 0 Å². The molecule has 0 unspecified atom stereocenters. The highest BCUT2D eigenvalue weighted by Gasteiger charge is 2.08. The van der Waals surface area contributed by atoms with E-state index in [4.69, 9.17) is 4.74 Å². The van der Waals surface area contributed by atoms with Gasteiger partial charge in [-0.05, 0) is 23.6 Å². The first-order valence-electron chi connectivity index (χ1n) is 6.01. The zero-order valence-corrected chi connectivity index (χ0v) is 12.2. The summed E-state index contributed by atoms with van der Waals surface area (Å²) in [5.74, 6) is -0.0410. The van der Waals surface area contributed by atoms with Crippen molar-refractivity contribution in [1.82, 2.24) is 4.31 Å². The maximum atomic E-state index is 13.8. The summed E-state index contributed by atoms with van der Waals surface area (Å²) in [5, 5.41) is 0. The number of rotatable bonds is 8. The molecule has 0 atom stereocenters. The van der Waals surface area contributed by atoms with Crippen LogP contribution in [0.3, 0.4) is 0 Å². The molecule has 0 aliphatic rings. The molecule has 0 aromatic heterocycles. The lowest BCUT2D eigenvalue weighted by Gasteiger charge is -2.16. The minimum atomic E-state index is -0.323. The van der Waals surface area contributed by atoms with Crippen molar-refractivity contribution in [2.24, 2.45) is 0 Å². The Morgan fingerprint density at radius 2 is 2.26 bits per heavy atom. The second kappa shape index (κ2) is 8.01. The topological polar surface area (TPSA) is 41.6 Å². The lowest BCUT2D eigenvalue weighted by molar-refractivity contribution is -0.114. The van der Waals surface area contributed by atoms with E-state index in [9.17, 15) is 9.18 Å². The van der Waals surface area contributed by atoms with Crippen LogP contribution in [0, 0.1) is 5.82 Å². The Hall–Kier alpha value is -1.27. The second-order valence-electron chi connectivity index (χ2n) is 4.33. The lowest BCUT2D eigenvalue weighted by atomic mass is 10.0. The third-order valence-electron chi connectivity index (χ3n) is 2.57. The van der Waals surface area contributed by atoms with Crippen LogP contribution in [-0.4, -0.2) is 31.0 Å². The minimum absolute atomic E-state index is 0.282. The summed E-state index contributed by atoms with van der Waals surface area (Å²) in [6.07, 6.45) is 0.678. The van der Waals surface area contributed by atoms with Crippen LogP contribution in [0.1, 0.15) is 25.3 Å². The van der Waals surface area contributed by atoms with Gasteiger partial charge >= 0.3 is 0 Å². The van der Waals surface area contributed by atoms with E-state index in [1.165, 1.54) is 10.4 Å². The molecule has 106 valence electrons. The Balaban J connectivity index is 2.59. The maximum Gasteiger partial charge on any atom is 0.220 e. The third-order valence-corrected chi connectivity index (χ3v) is 3.38. The normalized spacial score (nSPS) is 10.6. The van der Waals surface area contributed by atoms with E-state index in [1.807, 2.05) is 19.9 Å². The summed E-state index contributed by atoms with van der Waals surface area (Å²) >= 11 is 1.04. The first kappa shape index (κ1) is 15.8. The number of amides is 1.